The van der Waals surface area contributed by atoms with Gasteiger partial charge in [-0.15, -0.1) is 0 Å². The summed E-state index contributed by atoms with van der Waals surface area (Å²) in [6, 6.07) is 0. The van der Waals surface area contributed by atoms with E-state index in [1.54, 1.807) is 0 Å². The number of aliphatic hydroxyl groups is 3. The summed E-state index contributed by atoms with van der Waals surface area (Å²) in [7, 11) is 0. The molecule has 0 aromatic rings. The summed E-state index contributed by atoms with van der Waals surface area (Å²) in [6.45, 7) is 0. The molecule has 0 saturated carbocycles. The van der Waals surface area contributed by atoms with Gasteiger partial charge < -0.3 is 90.0 Å². The number of carbonyl (C=O) groups excluding carboxylic acids is 6. The average molecular weight is 710 g/mol. The Labute approximate surface area is 252 Å². The maximum absolute atomic E-state index is 10.2. The van der Waals surface area contributed by atoms with Crippen molar-refractivity contribution in [2.24, 2.45) is 0 Å². The fourth-order valence-corrected chi connectivity index (χ4v) is 2.09. The second-order valence-corrected chi connectivity index (χ2v) is 7.32. The average Bonchev–Trinajstić information content (AvgIpc) is 2.64. The summed E-state index contributed by atoms with van der Waals surface area (Å²) < 4.78 is 0. The minimum Gasteiger partial charge on any atom is -0.550 e. The van der Waals surface area contributed by atoms with Crippen molar-refractivity contribution in [2.45, 2.75) is 55.3 Å². The van der Waals surface area contributed by atoms with Gasteiger partial charge in [-0.05, 0) is 0 Å². The number of aliphatic carboxylic acids is 9. The van der Waals surface area contributed by atoms with Crippen molar-refractivity contribution >= 4 is 93.3 Å². The zero-order chi connectivity index (χ0) is 31.9. The SMILES string of the molecule is O=C([O-])CC(O)(CC(=O)O)C(=O)[O-].O=C([O-])CC(O)(CC(=O)O)C(=O)[O-].O=C([O-])CC(O)(CC(=O)O)C(=O)[O-].[Ga+3].[Ga+3]. The number of carboxylic acid groups (broad SMARTS) is 9. The van der Waals surface area contributed by atoms with Gasteiger partial charge in [0, 0.05) is 37.2 Å². The molecular weight excluding hydrogens is 692 g/mol. The van der Waals surface area contributed by atoms with Gasteiger partial charge in [0.25, 0.3) is 0 Å². The normalized spacial score (nSPS) is 13.8. The van der Waals surface area contributed by atoms with Crippen LogP contribution in [-0.2, 0) is 43.2 Å². The van der Waals surface area contributed by atoms with E-state index in [4.69, 9.17) is 30.6 Å². The largest absolute Gasteiger partial charge is 3.00 e. The molecule has 0 amide bonds. The van der Waals surface area contributed by atoms with E-state index in [1.807, 2.05) is 0 Å². The van der Waals surface area contributed by atoms with Crippen molar-refractivity contribution in [3.8, 4) is 0 Å². The first-order valence-electron chi connectivity index (χ1n) is 9.40. The zero-order valence-electron chi connectivity index (χ0n) is 20.2. The van der Waals surface area contributed by atoms with Crippen molar-refractivity contribution in [1.82, 2.24) is 0 Å². The Hall–Kier alpha value is -3.62. The summed E-state index contributed by atoms with van der Waals surface area (Å²) in [6.07, 6.45) is -7.69. The van der Waals surface area contributed by atoms with Crippen LogP contribution in [0.5, 0.6) is 0 Å². The van der Waals surface area contributed by atoms with Crippen LogP contribution in [0.2, 0.25) is 0 Å². The Balaban J connectivity index is -0.000000154. The van der Waals surface area contributed by atoms with Gasteiger partial charge in [-0.3, -0.25) is 14.4 Å². The van der Waals surface area contributed by atoms with Gasteiger partial charge in [0.15, 0.2) is 0 Å². The summed E-state index contributed by atoms with van der Waals surface area (Å²) in [5, 5.41) is 112. The molecule has 0 heterocycles. The fourth-order valence-electron chi connectivity index (χ4n) is 2.09. The van der Waals surface area contributed by atoms with Gasteiger partial charge >= 0.3 is 57.5 Å². The molecule has 23 heteroatoms. The molecule has 0 saturated heterocycles. The first kappa shape index (κ1) is 47.2. The molecule has 0 bridgehead atoms. The fraction of sp³-hybridized carbons (Fsp3) is 0.500. The van der Waals surface area contributed by atoms with Crippen molar-refractivity contribution in [2.75, 3.05) is 0 Å². The Morgan fingerprint density at radius 3 is 0.610 bits per heavy atom. The van der Waals surface area contributed by atoms with Gasteiger partial charge in [0.05, 0.1) is 37.2 Å². The van der Waals surface area contributed by atoms with E-state index < -0.39 is 109 Å². The van der Waals surface area contributed by atoms with E-state index in [2.05, 4.69) is 0 Å². The van der Waals surface area contributed by atoms with E-state index in [0.29, 0.717) is 0 Å². The molecule has 0 rings (SSSR count). The first-order chi connectivity index (χ1) is 17.3. The Morgan fingerprint density at radius 2 is 0.537 bits per heavy atom. The van der Waals surface area contributed by atoms with E-state index in [0.717, 1.165) is 0 Å². The molecule has 222 valence electrons. The van der Waals surface area contributed by atoms with Crippen LogP contribution in [0.25, 0.3) is 0 Å². The quantitative estimate of drug-likeness (QED) is 0.0859. The standard InChI is InChI=1S/3C6H8O7.2Ga/c3*7-3(8)1-6(13,5(11)12)2-4(9)10;;/h3*13H,1-2H2,(H,7,8)(H,9,10)(H,11,12);;/q;;;2*+3/p-6. The summed E-state index contributed by atoms with van der Waals surface area (Å²) in [5.74, 6) is -17.0. The number of carbonyl (C=O) groups is 9. The second kappa shape index (κ2) is 20.3. The van der Waals surface area contributed by atoms with Crippen LogP contribution in [0, 0.1) is 0 Å². The minimum absolute atomic E-state index is 0. The predicted octanol–water partition coefficient (Wildman–Crippen LogP) is -12.5. The van der Waals surface area contributed by atoms with Gasteiger partial charge in [-0.1, -0.05) is 0 Å². The molecule has 6 N–H and O–H groups in total. The van der Waals surface area contributed by atoms with Crippen LogP contribution in [0.3, 0.4) is 0 Å². The van der Waals surface area contributed by atoms with Crippen molar-refractivity contribution in [3.63, 3.8) is 0 Å². The van der Waals surface area contributed by atoms with Gasteiger partial charge in [0.1, 0.15) is 16.8 Å². The Bertz CT molecular complexity index is 817. The molecule has 41 heavy (non-hydrogen) atoms. The molecule has 0 aliphatic carbocycles. The van der Waals surface area contributed by atoms with Crippen LogP contribution < -0.4 is 30.6 Å². The molecule has 3 atom stereocenters. The van der Waals surface area contributed by atoms with Crippen LogP contribution in [0.4, 0.5) is 0 Å². The smallest absolute Gasteiger partial charge is 0.550 e. The molecule has 0 fully saturated rings. The Morgan fingerprint density at radius 1 is 0.390 bits per heavy atom. The monoisotopic (exact) mass is 708 g/mol. The van der Waals surface area contributed by atoms with E-state index >= 15 is 0 Å². The maximum Gasteiger partial charge on any atom is 3.00 e. The summed E-state index contributed by atoms with van der Waals surface area (Å²) in [4.78, 5) is 90.5. The number of rotatable bonds is 15. The van der Waals surface area contributed by atoms with Crippen molar-refractivity contribution in [3.05, 3.63) is 0 Å². The third kappa shape index (κ3) is 21.8. The molecule has 0 aliphatic heterocycles. The molecular formula is C18H18Ga2O21. The van der Waals surface area contributed by atoms with Crippen molar-refractivity contribution < 1.29 is 104 Å². The van der Waals surface area contributed by atoms with E-state index in [9.17, 15) is 73.8 Å². The molecule has 0 spiro atoms. The summed E-state index contributed by atoms with van der Waals surface area (Å²) in [5.41, 5.74) is -8.74. The molecule has 0 radical (unpaired) electrons. The third-order valence-electron chi connectivity index (χ3n) is 3.78. The third-order valence-corrected chi connectivity index (χ3v) is 3.78. The van der Waals surface area contributed by atoms with Gasteiger partial charge in [-0.2, -0.15) is 0 Å². The molecule has 0 aromatic carbocycles. The molecule has 3 unspecified atom stereocenters. The number of hydrogen-bond acceptors (Lipinski definition) is 18. The molecule has 21 nitrogen and oxygen atoms in total. The zero-order valence-corrected chi connectivity index (χ0v) is 25.0. The second-order valence-electron chi connectivity index (χ2n) is 7.32. The van der Waals surface area contributed by atoms with Gasteiger partial charge in [0.2, 0.25) is 0 Å². The van der Waals surface area contributed by atoms with Crippen LogP contribution in [0.15, 0.2) is 0 Å². The predicted molar refractivity (Wildman–Crippen MR) is 107 cm³/mol. The molecule has 0 aliphatic rings. The van der Waals surface area contributed by atoms with Crippen LogP contribution in [-0.4, -0.2) is 141 Å². The van der Waals surface area contributed by atoms with Crippen LogP contribution >= 0.6 is 0 Å². The maximum atomic E-state index is 10.2. The topological polar surface area (TPSA) is 413 Å². The van der Waals surface area contributed by atoms with Crippen LogP contribution in [0.1, 0.15) is 38.5 Å². The van der Waals surface area contributed by atoms with E-state index in [-0.39, 0.29) is 39.6 Å². The van der Waals surface area contributed by atoms with Crippen molar-refractivity contribution in [1.29, 1.82) is 0 Å². The van der Waals surface area contributed by atoms with E-state index in [1.165, 1.54) is 0 Å². The Kier molecular flexibility index (Phi) is 23.4. The summed E-state index contributed by atoms with van der Waals surface area (Å²) >= 11 is 0. The molecule has 0 aromatic heterocycles. The first-order valence-corrected chi connectivity index (χ1v) is 9.40. The number of hydrogen-bond donors (Lipinski definition) is 6. The minimum atomic E-state index is -2.91. The van der Waals surface area contributed by atoms with Gasteiger partial charge in [-0.25, -0.2) is 0 Å². The number of carboxylic acids is 9.